The molecule has 0 aliphatic carbocycles. The summed E-state index contributed by atoms with van der Waals surface area (Å²) >= 11 is 0. The molecule has 0 aliphatic rings. The number of hydrogen-bond acceptors (Lipinski definition) is 0. The summed E-state index contributed by atoms with van der Waals surface area (Å²) in [5.41, 5.74) is 3.24. The van der Waals surface area contributed by atoms with Crippen molar-refractivity contribution in [2.75, 3.05) is 12.8 Å². The fourth-order valence-corrected chi connectivity index (χ4v) is 4.07. The molecule has 0 heterocycles. The van der Waals surface area contributed by atoms with Gasteiger partial charge in [-0.15, -0.1) is 7.92 Å². The van der Waals surface area contributed by atoms with Crippen LogP contribution in [0, 0.1) is 11.3 Å². The second-order valence-electron chi connectivity index (χ2n) is 9.21. The first-order chi connectivity index (χ1) is 10.4. The van der Waals surface area contributed by atoms with Crippen LogP contribution in [0.2, 0.25) is 0 Å². The van der Waals surface area contributed by atoms with Crippen LogP contribution in [-0.4, -0.2) is 18.0 Å². The van der Waals surface area contributed by atoms with Gasteiger partial charge in [0.1, 0.15) is 0 Å². The van der Waals surface area contributed by atoms with Gasteiger partial charge in [0.2, 0.25) is 0 Å². The summed E-state index contributed by atoms with van der Waals surface area (Å²) in [7, 11) is 0.0892. The molecule has 0 spiro atoms. The minimum atomic E-state index is 0.0892. The summed E-state index contributed by atoms with van der Waals surface area (Å²) < 4.78 is 0. The topological polar surface area (TPSA) is 0 Å². The second kappa shape index (κ2) is 9.83. The lowest BCUT2D eigenvalue weighted by Crippen LogP contribution is -2.15. The van der Waals surface area contributed by atoms with Gasteiger partial charge in [0.25, 0.3) is 0 Å². The van der Waals surface area contributed by atoms with E-state index in [1.54, 1.807) is 0 Å². The molecule has 0 N–H and O–H groups in total. The van der Waals surface area contributed by atoms with E-state index in [1.165, 1.54) is 30.1 Å². The summed E-state index contributed by atoms with van der Waals surface area (Å²) in [6.45, 7) is 25.1. The third-order valence-corrected chi connectivity index (χ3v) is 7.94. The molecule has 2 atom stereocenters. The van der Waals surface area contributed by atoms with Crippen molar-refractivity contribution in [3.8, 4) is 0 Å². The average Bonchev–Trinajstić information content (AvgIpc) is 2.39. The minimum Gasteiger partial charge on any atom is -0.104 e. The molecule has 0 bridgehead atoms. The highest BCUT2D eigenvalue weighted by molar-refractivity contribution is 7.58. The predicted molar refractivity (Wildman–Crippen MR) is 112 cm³/mol. The highest BCUT2D eigenvalue weighted by atomic mass is 31.1. The molecule has 0 aliphatic heterocycles. The van der Waals surface area contributed by atoms with Gasteiger partial charge >= 0.3 is 0 Å². The van der Waals surface area contributed by atoms with Gasteiger partial charge in [0.15, 0.2) is 0 Å². The minimum absolute atomic E-state index is 0.0892. The van der Waals surface area contributed by atoms with Crippen molar-refractivity contribution in [3.05, 3.63) is 36.0 Å². The van der Waals surface area contributed by atoms with Crippen molar-refractivity contribution in [2.45, 2.75) is 79.8 Å². The lowest BCUT2D eigenvalue weighted by atomic mass is 9.88. The first-order valence-corrected chi connectivity index (χ1v) is 11.1. The summed E-state index contributed by atoms with van der Waals surface area (Å²) in [4.78, 5) is 0. The van der Waals surface area contributed by atoms with Gasteiger partial charge in [0, 0.05) is 0 Å². The third-order valence-electron chi connectivity index (χ3n) is 4.48. The van der Waals surface area contributed by atoms with E-state index in [0.717, 1.165) is 12.3 Å². The van der Waals surface area contributed by atoms with Crippen LogP contribution in [-0.2, 0) is 0 Å². The summed E-state index contributed by atoms with van der Waals surface area (Å²) in [5, 5.41) is 0.467. The highest BCUT2D eigenvalue weighted by Gasteiger charge is 2.21. The van der Waals surface area contributed by atoms with Crippen molar-refractivity contribution in [1.82, 2.24) is 0 Å². The third kappa shape index (κ3) is 10.9. The zero-order valence-corrected chi connectivity index (χ0v) is 18.2. The highest BCUT2D eigenvalue weighted by Crippen LogP contribution is 2.47. The van der Waals surface area contributed by atoms with E-state index < -0.39 is 0 Å². The van der Waals surface area contributed by atoms with Gasteiger partial charge < -0.3 is 0 Å². The zero-order valence-electron chi connectivity index (χ0n) is 17.3. The molecule has 0 fully saturated rings. The van der Waals surface area contributed by atoms with Gasteiger partial charge in [-0.3, -0.25) is 0 Å². The van der Waals surface area contributed by atoms with Crippen LogP contribution < -0.4 is 0 Å². The molecule has 0 radical (unpaired) electrons. The molecule has 0 aromatic rings. The predicted octanol–water partition coefficient (Wildman–Crippen LogP) is 7.81. The molecule has 1 heteroatoms. The molecule has 0 saturated carbocycles. The van der Waals surface area contributed by atoms with Crippen molar-refractivity contribution in [2.24, 2.45) is 11.3 Å². The summed E-state index contributed by atoms with van der Waals surface area (Å²) in [5.74, 6) is 0.751. The first-order valence-electron chi connectivity index (χ1n) is 9.08. The fraction of sp³-hybridized carbons (Fsp3) is 0.727. The van der Waals surface area contributed by atoms with E-state index >= 15 is 0 Å². The molecule has 0 nitrogen and oxygen atoms in total. The SMILES string of the molecule is C=C/C(=C\C(=C/C)CC(C)CP(C)C(C)(C)C)CCC(C)(C)C. The Hall–Kier alpha value is -0.350. The number of hydrogen-bond donors (Lipinski definition) is 0. The van der Waals surface area contributed by atoms with Gasteiger partial charge in [-0.25, -0.2) is 0 Å². The van der Waals surface area contributed by atoms with Crippen molar-refractivity contribution >= 4 is 7.92 Å². The maximum atomic E-state index is 4.02. The Balaban J connectivity index is 4.75. The van der Waals surface area contributed by atoms with Gasteiger partial charge in [-0.2, -0.15) is 0 Å². The lowest BCUT2D eigenvalue weighted by Gasteiger charge is -2.30. The molecule has 0 rings (SSSR count). The molecule has 0 saturated heterocycles. The molecule has 134 valence electrons. The Bertz CT molecular complexity index is 412. The number of rotatable bonds is 8. The van der Waals surface area contributed by atoms with Crippen LogP contribution in [0.1, 0.15) is 74.7 Å². The van der Waals surface area contributed by atoms with Crippen LogP contribution in [0.15, 0.2) is 36.0 Å². The van der Waals surface area contributed by atoms with E-state index in [-0.39, 0.29) is 7.92 Å². The molecule has 23 heavy (non-hydrogen) atoms. The number of allylic oxidation sites excluding steroid dienone is 5. The Labute approximate surface area is 148 Å². The molecule has 0 aromatic carbocycles. The monoisotopic (exact) mass is 336 g/mol. The Morgan fingerprint density at radius 2 is 1.65 bits per heavy atom. The molecular weight excluding hydrogens is 295 g/mol. The molecule has 0 amide bonds. The summed E-state index contributed by atoms with van der Waals surface area (Å²) in [6.07, 6.45) is 11.6. The maximum Gasteiger partial charge on any atom is -0.0182 e. The molecule has 0 aromatic heterocycles. The lowest BCUT2D eigenvalue weighted by molar-refractivity contribution is 0.379. The first kappa shape index (κ1) is 22.6. The average molecular weight is 337 g/mol. The van der Waals surface area contributed by atoms with Crippen LogP contribution in [0.3, 0.4) is 0 Å². The van der Waals surface area contributed by atoms with Crippen molar-refractivity contribution < 1.29 is 0 Å². The second-order valence-corrected chi connectivity index (χ2v) is 12.3. The Morgan fingerprint density at radius 1 is 1.09 bits per heavy atom. The van der Waals surface area contributed by atoms with E-state index in [2.05, 4.69) is 80.8 Å². The van der Waals surface area contributed by atoms with Gasteiger partial charge in [-0.05, 0) is 61.1 Å². The normalized spacial score (nSPS) is 17.1. The molecular formula is C22H41P. The zero-order chi connectivity index (χ0) is 18.3. The van der Waals surface area contributed by atoms with Crippen molar-refractivity contribution in [3.63, 3.8) is 0 Å². The Morgan fingerprint density at radius 3 is 2.04 bits per heavy atom. The van der Waals surface area contributed by atoms with Crippen LogP contribution in [0.4, 0.5) is 0 Å². The van der Waals surface area contributed by atoms with Crippen LogP contribution in [0.25, 0.3) is 0 Å². The van der Waals surface area contributed by atoms with E-state index in [4.69, 9.17) is 0 Å². The standard InChI is InChI=1S/C22H41P/c1-11-19(13-14-21(4,5)6)16-20(12-2)15-18(3)17-23(10)22(7,8)9/h11-12,16,18H,1,13-15,17H2,2-10H3/b19-16+,20-12-. The van der Waals surface area contributed by atoms with Crippen molar-refractivity contribution in [1.29, 1.82) is 0 Å². The Kier molecular flexibility index (Phi) is 9.68. The van der Waals surface area contributed by atoms with Gasteiger partial charge in [0.05, 0.1) is 0 Å². The maximum absolute atomic E-state index is 4.02. The van der Waals surface area contributed by atoms with E-state index in [1.807, 2.05) is 6.08 Å². The fourth-order valence-electron chi connectivity index (χ4n) is 2.46. The van der Waals surface area contributed by atoms with E-state index in [0.29, 0.717) is 10.6 Å². The van der Waals surface area contributed by atoms with Gasteiger partial charge in [-0.1, -0.05) is 78.8 Å². The molecule has 2 unspecified atom stereocenters. The van der Waals surface area contributed by atoms with Crippen LogP contribution in [0.5, 0.6) is 0 Å². The largest absolute Gasteiger partial charge is 0.104 e. The smallest absolute Gasteiger partial charge is 0.0182 e. The van der Waals surface area contributed by atoms with Crippen LogP contribution >= 0.6 is 7.92 Å². The summed E-state index contributed by atoms with van der Waals surface area (Å²) in [6, 6.07) is 0. The van der Waals surface area contributed by atoms with E-state index in [9.17, 15) is 0 Å². The quantitative estimate of drug-likeness (QED) is 0.313.